The van der Waals surface area contributed by atoms with Crippen LogP contribution in [0, 0.1) is 0 Å². The molecule has 3 heteroatoms. The number of nitrogen functional groups attached to an aromatic ring is 1. The Morgan fingerprint density at radius 1 is 1.36 bits per heavy atom. The van der Waals surface area contributed by atoms with Gasteiger partial charge in [-0.15, -0.1) is 0 Å². The number of allylic oxidation sites excluding steroid dienone is 1. The summed E-state index contributed by atoms with van der Waals surface area (Å²) in [6.07, 6.45) is 3.32. The molecule has 0 fully saturated rings. The van der Waals surface area contributed by atoms with E-state index in [0.29, 0.717) is 0 Å². The van der Waals surface area contributed by atoms with E-state index in [1.165, 1.54) is 0 Å². The van der Waals surface area contributed by atoms with Crippen molar-refractivity contribution in [3.05, 3.63) is 36.0 Å². The summed E-state index contributed by atoms with van der Waals surface area (Å²) in [4.78, 5) is 4.14. The van der Waals surface area contributed by atoms with Crippen LogP contribution in [-0.2, 0) is 0 Å². The smallest absolute Gasteiger partial charge is 0.0361 e. The summed E-state index contributed by atoms with van der Waals surface area (Å²) >= 11 is 0. The van der Waals surface area contributed by atoms with Crippen LogP contribution < -0.4 is 11.5 Å². The van der Waals surface area contributed by atoms with Gasteiger partial charge in [0.25, 0.3) is 0 Å². The lowest BCUT2D eigenvalue weighted by molar-refractivity contribution is 1.14. The van der Waals surface area contributed by atoms with Gasteiger partial charge in [0.15, 0.2) is 0 Å². The van der Waals surface area contributed by atoms with Crippen LogP contribution in [0.3, 0.4) is 0 Å². The molecule has 1 aromatic carbocycles. The van der Waals surface area contributed by atoms with Gasteiger partial charge in [-0.3, -0.25) is 4.99 Å². The van der Waals surface area contributed by atoms with Crippen molar-refractivity contribution in [2.75, 3.05) is 12.3 Å². The van der Waals surface area contributed by atoms with Gasteiger partial charge >= 0.3 is 0 Å². The third kappa shape index (κ3) is 2.62. The highest BCUT2D eigenvalue weighted by Gasteiger charge is 1.96. The first-order chi connectivity index (χ1) is 6.77. The minimum absolute atomic E-state index is 0.748. The van der Waals surface area contributed by atoms with Crippen LogP contribution in [0.4, 0.5) is 5.69 Å². The topological polar surface area (TPSA) is 64.4 Å². The first kappa shape index (κ1) is 10.3. The first-order valence-corrected chi connectivity index (χ1v) is 4.55. The summed E-state index contributed by atoms with van der Waals surface area (Å²) in [7, 11) is 0. The molecule has 0 aliphatic heterocycles. The average Bonchev–Trinajstić information content (AvgIpc) is 2.21. The molecular weight excluding hydrogens is 174 g/mol. The summed E-state index contributed by atoms with van der Waals surface area (Å²) < 4.78 is 0. The summed E-state index contributed by atoms with van der Waals surface area (Å²) in [5, 5.41) is 0. The molecule has 0 radical (unpaired) electrons. The Hall–Kier alpha value is -1.77. The van der Waals surface area contributed by atoms with Crippen LogP contribution in [0.2, 0.25) is 0 Å². The van der Waals surface area contributed by atoms with Crippen LogP contribution in [0.25, 0.3) is 5.57 Å². The minimum Gasteiger partial charge on any atom is -0.404 e. The Balaban J connectivity index is 2.91. The van der Waals surface area contributed by atoms with Crippen molar-refractivity contribution in [3.8, 4) is 0 Å². The van der Waals surface area contributed by atoms with Gasteiger partial charge in [0, 0.05) is 30.2 Å². The van der Waals surface area contributed by atoms with Crippen molar-refractivity contribution in [2.45, 2.75) is 6.92 Å². The molecule has 4 N–H and O–H groups in total. The maximum absolute atomic E-state index is 5.58. The zero-order chi connectivity index (χ0) is 10.4. The highest BCUT2D eigenvalue weighted by Crippen LogP contribution is 2.13. The van der Waals surface area contributed by atoms with Gasteiger partial charge in [0.1, 0.15) is 0 Å². The maximum atomic E-state index is 5.58. The molecule has 3 nitrogen and oxygen atoms in total. The fourth-order valence-electron chi connectivity index (χ4n) is 1.08. The van der Waals surface area contributed by atoms with Crippen LogP contribution >= 0.6 is 0 Å². The zero-order valence-electron chi connectivity index (χ0n) is 8.27. The average molecular weight is 189 g/mol. The fourth-order valence-corrected chi connectivity index (χ4v) is 1.08. The lowest BCUT2D eigenvalue weighted by atomic mass is 10.1. The molecule has 14 heavy (non-hydrogen) atoms. The molecule has 1 rings (SSSR count). The molecule has 0 saturated carbocycles. The van der Waals surface area contributed by atoms with E-state index in [-0.39, 0.29) is 0 Å². The van der Waals surface area contributed by atoms with E-state index in [4.69, 9.17) is 11.5 Å². The Bertz CT molecular complexity index is 336. The Morgan fingerprint density at radius 2 is 2.00 bits per heavy atom. The van der Waals surface area contributed by atoms with E-state index in [0.717, 1.165) is 23.4 Å². The number of nitrogens with zero attached hydrogens (tertiary/aromatic N) is 1. The van der Waals surface area contributed by atoms with Gasteiger partial charge in [-0.05, 0) is 24.6 Å². The van der Waals surface area contributed by atoms with Crippen LogP contribution in [0.1, 0.15) is 12.5 Å². The van der Waals surface area contributed by atoms with Gasteiger partial charge in [-0.1, -0.05) is 12.1 Å². The summed E-state index contributed by atoms with van der Waals surface area (Å²) in [6, 6.07) is 7.54. The van der Waals surface area contributed by atoms with Crippen molar-refractivity contribution in [1.82, 2.24) is 0 Å². The Morgan fingerprint density at radius 3 is 2.50 bits per heavy atom. The number of aliphatic imine (C=N–C) groups is 1. The van der Waals surface area contributed by atoms with Crippen molar-refractivity contribution in [2.24, 2.45) is 10.7 Å². The van der Waals surface area contributed by atoms with Crippen molar-refractivity contribution in [1.29, 1.82) is 0 Å². The third-order valence-electron chi connectivity index (χ3n) is 1.84. The summed E-state index contributed by atoms with van der Waals surface area (Å²) in [5.74, 6) is 0. The maximum Gasteiger partial charge on any atom is 0.0361 e. The molecule has 1 aromatic rings. The lowest BCUT2D eigenvalue weighted by Crippen LogP contribution is -1.92. The largest absolute Gasteiger partial charge is 0.404 e. The SMILES string of the molecule is CCN=CC(=CN)c1ccc(N)cc1. The molecule has 0 atom stereocenters. The lowest BCUT2D eigenvalue weighted by Gasteiger charge is -2.01. The number of nitrogens with two attached hydrogens (primary N) is 2. The van der Waals surface area contributed by atoms with Crippen LogP contribution in [0.15, 0.2) is 35.5 Å². The van der Waals surface area contributed by atoms with Gasteiger partial charge in [0.2, 0.25) is 0 Å². The number of hydrogen-bond acceptors (Lipinski definition) is 3. The molecule has 0 heterocycles. The highest BCUT2D eigenvalue weighted by molar-refractivity contribution is 6.09. The molecule has 0 spiro atoms. The number of rotatable bonds is 3. The quantitative estimate of drug-likeness (QED) is 0.561. The van der Waals surface area contributed by atoms with Crippen LogP contribution in [-0.4, -0.2) is 12.8 Å². The second kappa shape index (κ2) is 5.07. The standard InChI is InChI=1S/C11H15N3/c1-2-14-8-10(7-12)9-3-5-11(13)6-4-9/h3-8H,2,12-13H2,1H3. The van der Waals surface area contributed by atoms with Gasteiger partial charge in [0.05, 0.1) is 0 Å². The number of anilines is 1. The third-order valence-corrected chi connectivity index (χ3v) is 1.84. The second-order valence-electron chi connectivity index (χ2n) is 2.87. The normalized spacial score (nSPS) is 12.2. The van der Waals surface area contributed by atoms with Crippen molar-refractivity contribution < 1.29 is 0 Å². The monoisotopic (exact) mass is 189 g/mol. The minimum atomic E-state index is 0.748. The van der Waals surface area contributed by atoms with Gasteiger partial charge < -0.3 is 11.5 Å². The molecule has 0 saturated heterocycles. The van der Waals surface area contributed by atoms with Crippen molar-refractivity contribution in [3.63, 3.8) is 0 Å². The molecule has 0 aliphatic carbocycles. The molecule has 0 aromatic heterocycles. The fraction of sp³-hybridized carbons (Fsp3) is 0.182. The predicted octanol–water partition coefficient (Wildman–Crippen LogP) is 1.66. The molecular formula is C11H15N3. The van der Waals surface area contributed by atoms with E-state index in [2.05, 4.69) is 4.99 Å². The Labute approximate surface area is 84.1 Å². The highest BCUT2D eigenvalue weighted by atomic mass is 14.7. The van der Waals surface area contributed by atoms with Crippen molar-refractivity contribution >= 4 is 17.5 Å². The predicted molar refractivity (Wildman–Crippen MR) is 62.1 cm³/mol. The van der Waals surface area contributed by atoms with E-state index < -0.39 is 0 Å². The number of benzene rings is 1. The Kier molecular flexibility index (Phi) is 3.73. The first-order valence-electron chi connectivity index (χ1n) is 4.55. The molecule has 0 amide bonds. The van der Waals surface area contributed by atoms with Gasteiger partial charge in [-0.2, -0.15) is 0 Å². The molecule has 74 valence electrons. The summed E-state index contributed by atoms with van der Waals surface area (Å²) in [5.41, 5.74) is 13.8. The second-order valence-corrected chi connectivity index (χ2v) is 2.87. The molecule has 0 bridgehead atoms. The van der Waals surface area contributed by atoms with E-state index in [1.54, 1.807) is 12.4 Å². The van der Waals surface area contributed by atoms with E-state index >= 15 is 0 Å². The molecule has 0 aliphatic rings. The van der Waals surface area contributed by atoms with E-state index in [9.17, 15) is 0 Å². The zero-order valence-corrected chi connectivity index (χ0v) is 8.27. The summed E-state index contributed by atoms with van der Waals surface area (Å²) in [6.45, 7) is 2.74. The van der Waals surface area contributed by atoms with Gasteiger partial charge in [-0.25, -0.2) is 0 Å². The molecule has 0 unspecified atom stereocenters. The number of hydrogen-bond donors (Lipinski definition) is 2. The van der Waals surface area contributed by atoms with E-state index in [1.807, 2.05) is 31.2 Å². The van der Waals surface area contributed by atoms with Crippen LogP contribution in [0.5, 0.6) is 0 Å².